The highest BCUT2D eigenvalue weighted by Crippen LogP contribution is 2.35. The van der Waals surface area contributed by atoms with Crippen molar-refractivity contribution < 1.29 is 14.3 Å². The van der Waals surface area contributed by atoms with Crippen molar-refractivity contribution in [3.8, 4) is 11.5 Å². The molecule has 112 valence electrons. The summed E-state index contributed by atoms with van der Waals surface area (Å²) < 4.78 is 11.1. The van der Waals surface area contributed by atoms with Gasteiger partial charge in [0.15, 0.2) is 11.5 Å². The van der Waals surface area contributed by atoms with Gasteiger partial charge in [0, 0.05) is 0 Å². The normalized spacial score (nSPS) is 19.0. The van der Waals surface area contributed by atoms with Crippen molar-refractivity contribution >= 4 is 23.1 Å². The Hall–Kier alpha value is -1.82. The van der Waals surface area contributed by atoms with Crippen molar-refractivity contribution in [3.05, 3.63) is 23.8 Å². The van der Waals surface area contributed by atoms with Crippen LogP contribution < -0.4 is 20.5 Å². The van der Waals surface area contributed by atoms with Gasteiger partial charge in [-0.15, -0.1) is 0 Å². The SMILES string of the molecule is NC(=S)C1(NC(=O)c2cccc3c2OCCO3)CCCC1. The van der Waals surface area contributed by atoms with E-state index in [1.54, 1.807) is 18.2 Å². The second-order valence-corrected chi connectivity index (χ2v) is 5.88. The van der Waals surface area contributed by atoms with Gasteiger partial charge in [-0.05, 0) is 25.0 Å². The molecule has 5 nitrogen and oxygen atoms in total. The van der Waals surface area contributed by atoms with Crippen LogP contribution in [-0.2, 0) is 0 Å². The van der Waals surface area contributed by atoms with Crippen molar-refractivity contribution in [1.82, 2.24) is 5.32 Å². The van der Waals surface area contributed by atoms with Gasteiger partial charge in [0.1, 0.15) is 13.2 Å². The van der Waals surface area contributed by atoms with Gasteiger partial charge in [-0.3, -0.25) is 4.79 Å². The van der Waals surface area contributed by atoms with E-state index >= 15 is 0 Å². The molecule has 0 saturated heterocycles. The number of rotatable bonds is 3. The molecule has 3 rings (SSSR count). The van der Waals surface area contributed by atoms with Gasteiger partial charge in [0.25, 0.3) is 5.91 Å². The zero-order chi connectivity index (χ0) is 14.9. The monoisotopic (exact) mass is 306 g/mol. The van der Waals surface area contributed by atoms with Gasteiger partial charge in [0.2, 0.25) is 0 Å². The van der Waals surface area contributed by atoms with E-state index in [9.17, 15) is 4.79 Å². The number of amides is 1. The Balaban J connectivity index is 1.87. The zero-order valence-corrected chi connectivity index (χ0v) is 12.5. The molecule has 1 saturated carbocycles. The fraction of sp³-hybridized carbons (Fsp3) is 0.467. The fourth-order valence-corrected chi connectivity index (χ4v) is 3.20. The standard InChI is InChI=1S/C15H18N2O3S/c16-14(21)15(6-1-2-7-15)17-13(18)10-4-3-5-11-12(10)20-9-8-19-11/h3-5H,1-2,6-9H2,(H2,16,21)(H,17,18). The summed E-state index contributed by atoms with van der Waals surface area (Å²) in [6, 6.07) is 5.31. The van der Waals surface area contributed by atoms with Crippen LogP contribution in [0, 0.1) is 0 Å². The van der Waals surface area contributed by atoms with Gasteiger partial charge < -0.3 is 20.5 Å². The van der Waals surface area contributed by atoms with Crippen molar-refractivity contribution in [2.45, 2.75) is 31.2 Å². The molecular weight excluding hydrogens is 288 g/mol. The van der Waals surface area contributed by atoms with Crippen LogP contribution in [0.4, 0.5) is 0 Å². The maximum absolute atomic E-state index is 12.6. The molecule has 1 fully saturated rings. The summed E-state index contributed by atoms with van der Waals surface area (Å²) in [4.78, 5) is 13.0. The zero-order valence-electron chi connectivity index (χ0n) is 11.7. The molecule has 1 aliphatic heterocycles. The first-order chi connectivity index (χ1) is 10.1. The van der Waals surface area contributed by atoms with Crippen LogP contribution in [0.3, 0.4) is 0 Å². The summed E-state index contributed by atoms with van der Waals surface area (Å²) in [5.74, 6) is 0.883. The highest BCUT2D eigenvalue weighted by atomic mass is 32.1. The Morgan fingerprint density at radius 3 is 2.67 bits per heavy atom. The fourth-order valence-electron chi connectivity index (χ4n) is 2.95. The van der Waals surface area contributed by atoms with Crippen LogP contribution in [0.15, 0.2) is 18.2 Å². The Morgan fingerprint density at radius 1 is 1.24 bits per heavy atom. The Morgan fingerprint density at radius 2 is 1.95 bits per heavy atom. The number of carbonyl (C=O) groups excluding carboxylic acids is 1. The maximum atomic E-state index is 12.6. The van der Waals surface area contributed by atoms with E-state index in [4.69, 9.17) is 27.4 Å². The summed E-state index contributed by atoms with van der Waals surface area (Å²) in [5.41, 5.74) is 5.76. The molecular formula is C15H18N2O3S. The van der Waals surface area contributed by atoms with Crippen molar-refractivity contribution in [2.24, 2.45) is 5.73 Å². The largest absolute Gasteiger partial charge is 0.486 e. The third kappa shape index (κ3) is 2.55. The van der Waals surface area contributed by atoms with Gasteiger partial charge >= 0.3 is 0 Å². The topological polar surface area (TPSA) is 73.6 Å². The first-order valence-electron chi connectivity index (χ1n) is 7.13. The van der Waals surface area contributed by atoms with E-state index in [0.717, 1.165) is 25.7 Å². The summed E-state index contributed by atoms with van der Waals surface area (Å²) in [7, 11) is 0. The number of nitrogens with two attached hydrogens (primary N) is 1. The number of fused-ring (bicyclic) bond motifs is 1. The number of hydrogen-bond donors (Lipinski definition) is 2. The minimum atomic E-state index is -0.565. The molecule has 1 aliphatic carbocycles. The lowest BCUT2D eigenvalue weighted by atomic mass is 9.96. The number of para-hydroxylation sites is 1. The van der Waals surface area contributed by atoms with Crippen molar-refractivity contribution in [1.29, 1.82) is 0 Å². The third-order valence-corrected chi connectivity index (χ3v) is 4.48. The number of benzene rings is 1. The molecule has 0 atom stereocenters. The first kappa shape index (κ1) is 14.1. The average molecular weight is 306 g/mol. The lowest BCUT2D eigenvalue weighted by Crippen LogP contribution is -2.54. The molecule has 1 aromatic carbocycles. The van der Waals surface area contributed by atoms with E-state index in [-0.39, 0.29) is 5.91 Å². The van der Waals surface area contributed by atoms with Gasteiger partial charge in [-0.2, -0.15) is 0 Å². The quantitative estimate of drug-likeness (QED) is 0.833. The Labute approximate surface area is 128 Å². The van der Waals surface area contributed by atoms with Crippen LogP contribution in [-0.4, -0.2) is 29.6 Å². The molecule has 2 aliphatic rings. The van der Waals surface area contributed by atoms with Crippen molar-refractivity contribution in [3.63, 3.8) is 0 Å². The average Bonchev–Trinajstić information content (AvgIpc) is 2.96. The number of carbonyl (C=O) groups is 1. The van der Waals surface area contributed by atoms with Crippen molar-refractivity contribution in [2.75, 3.05) is 13.2 Å². The van der Waals surface area contributed by atoms with E-state index < -0.39 is 5.54 Å². The van der Waals surface area contributed by atoms with Gasteiger partial charge in [0.05, 0.1) is 16.1 Å². The number of ether oxygens (including phenoxy) is 2. The van der Waals surface area contributed by atoms with E-state index in [1.807, 2.05) is 0 Å². The van der Waals surface area contributed by atoms with Crippen LogP contribution >= 0.6 is 12.2 Å². The molecule has 1 aromatic rings. The second kappa shape index (κ2) is 5.52. The lowest BCUT2D eigenvalue weighted by molar-refractivity contribution is 0.0913. The van der Waals surface area contributed by atoms with Crippen LogP contribution in [0.2, 0.25) is 0 Å². The predicted octanol–water partition coefficient (Wildman–Crippen LogP) is 1.79. The summed E-state index contributed by atoms with van der Waals surface area (Å²) in [6.45, 7) is 0.937. The van der Waals surface area contributed by atoms with Crippen LogP contribution in [0.1, 0.15) is 36.0 Å². The number of nitrogens with one attached hydrogen (secondary N) is 1. The van der Waals surface area contributed by atoms with E-state index in [2.05, 4.69) is 5.32 Å². The smallest absolute Gasteiger partial charge is 0.255 e. The molecule has 21 heavy (non-hydrogen) atoms. The molecule has 3 N–H and O–H groups in total. The number of hydrogen-bond acceptors (Lipinski definition) is 4. The van der Waals surface area contributed by atoms with Gasteiger partial charge in [-0.25, -0.2) is 0 Å². The van der Waals surface area contributed by atoms with E-state index in [0.29, 0.717) is 35.3 Å². The molecule has 0 unspecified atom stereocenters. The minimum absolute atomic E-state index is 0.216. The molecule has 1 heterocycles. The first-order valence-corrected chi connectivity index (χ1v) is 7.54. The Kier molecular flexibility index (Phi) is 3.71. The molecule has 0 aromatic heterocycles. The van der Waals surface area contributed by atoms with Gasteiger partial charge in [-0.1, -0.05) is 31.1 Å². The van der Waals surface area contributed by atoms with E-state index in [1.165, 1.54) is 0 Å². The minimum Gasteiger partial charge on any atom is -0.486 e. The highest BCUT2D eigenvalue weighted by Gasteiger charge is 2.39. The summed E-state index contributed by atoms with van der Waals surface area (Å²) in [5, 5.41) is 3.02. The molecule has 0 bridgehead atoms. The molecule has 1 amide bonds. The maximum Gasteiger partial charge on any atom is 0.255 e. The predicted molar refractivity (Wildman–Crippen MR) is 82.9 cm³/mol. The third-order valence-electron chi connectivity index (χ3n) is 4.09. The lowest BCUT2D eigenvalue weighted by Gasteiger charge is -2.30. The Bertz CT molecular complexity index is 582. The molecule has 6 heteroatoms. The number of thiocarbonyl (C=S) groups is 1. The molecule has 0 radical (unpaired) electrons. The van der Waals surface area contributed by atoms with Crippen LogP contribution in [0.25, 0.3) is 0 Å². The highest BCUT2D eigenvalue weighted by molar-refractivity contribution is 7.80. The molecule has 0 spiro atoms. The second-order valence-electron chi connectivity index (χ2n) is 5.44. The summed E-state index contributed by atoms with van der Waals surface area (Å²) in [6.07, 6.45) is 3.62. The van der Waals surface area contributed by atoms with Crippen LogP contribution in [0.5, 0.6) is 11.5 Å². The summed E-state index contributed by atoms with van der Waals surface area (Å²) >= 11 is 5.16.